The van der Waals surface area contributed by atoms with Crippen LogP contribution in [0.2, 0.25) is 0 Å². The molecule has 0 N–H and O–H groups in total. The topological polar surface area (TPSA) is 26.3 Å². The van der Waals surface area contributed by atoms with Gasteiger partial charge >= 0.3 is 5.97 Å². The molecule has 1 aromatic carbocycles. The van der Waals surface area contributed by atoms with E-state index in [-0.39, 0.29) is 12.1 Å². The minimum atomic E-state index is -0.146. The predicted octanol–water partition coefficient (Wildman–Crippen LogP) is 8.36. The Morgan fingerprint density at radius 2 is 1.57 bits per heavy atom. The van der Waals surface area contributed by atoms with E-state index >= 15 is 0 Å². The molecule has 3 rings (SSSR count). The molecular weight excluding hydrogens is 368 g/mol. The Labute approximate surface area is 184 Å². The summed E-state index contributed by atoms with van der Waals surface area (Å²) >= 11 is 0. The smallest absolute Gasteiger partial charge is 0.338 e. The van der Waals surface area contributed by atoms with Gasteiger partial charge in [-0.2, -0.15) is 0 Å². The SMILES string of the molecule is CCCCCC1CC=C(c2ccc(C(=O)OC3CCC(CCCC)CC3)cc2)CC1. The molecule has 0 saturated heterocycles. The molecule has 0 aliphatic heterocycles. The first-order chi connectivity index (χ1) is 14.7. The van der Waals surface area contributed by atoms with Crippen molar-refractivity contribution in [2.24, 2.45) is 11.8 Å². The highest BCUT2D eigenvalue weighted by Crippen LogP contribution is 2.33. The van der Waals surface area contributed by atoms with Gasteiger partial charge in [0.25, 0.3) is 0 Å². The average Bonchev–Trinajstić information content (AvgIpc) is 2.79. The van der Waals surface area contributed by atoms with Crippen molar-refractivity contribution in [2.45, 2.75) is 110 Å². The van der Waals surface area contributed by atoms with Crippen LogP contribution in [0.15, 0.2) is 30.3 Å². The molecule has 0 spiro atoms. The number of ether oxygens (including phenoxy) is 1. The number of carbonyl (C=O) groups is 1. The summed E-state index contributed by atoms with van der Waals surface area (Å²) in [7, 11) is 0. The van der Waals surface area contributed by atoms with Crippen LogP contribution in [0.5, 0.6) is 0 Å². The molecule has 166 valence electrons. The van der Waals surface area contributed by atoms with Crippen LogP contribution in [0.25, 0.3) is 5.57 Å². The Bertz CT molecular complexity index is 664. The molecular formula is C28H42O2. The largest absolute Gasteiger partial charge is 0.459 e. The molecule has 0 aromatic heterocycles. The van der Waals surface area contributed by atoms with Crippen LogP contribution in [0.3, 0.4) is 0 Å². The lowest BCUT2D eigenvalue weighted by molar-refractivity contribution is 0.0161. The Kier molecular flexibility index (Phi) is 9.49. The number of esters is 1. The second-order valence-corrected chi connectivity index (χ2v) is 9.63. The van der Waals surface area contributed by atoms with Gasteiger partial charge in [0.1, 0.15) is 6.10 Å². The first-order valence-electron chi connectivity index (χ1n) is 12.7. The first kappa shape index (κ1) is 23.1. The molecule has 1 unspecified atom stereocenters. The normalized spacial score (nSPS) is 24.3. The number of rotatable bonds is 10. The Morgan fingerprint density at radius 3 is 2.20 bits per heavy atom. The van der Waals surface area contributed by atoms with Gasteiger partial charge in [-0.05, 0) is 80.1 Å². The lowest BCUT2D eigenvalue weighted by Crippen LogP contribution is -2.24. The van der Waals surface area contributed by atoms with Crippen molar-refractivity contribution in [3.8, 4) is 0 Å². The van der Waals surface area contributed by atoms with Crippen LogP contribution in [0.1, 0.15) is 120 Å². The van der Waals surface area contributed by atoms with Gasteiger partial charge in [0.05, 0.1) is 5.56 Å². The molecule has 0 radical (unpaired) electrons. The molecule has 2 heteroatoms. The van der Waals surface area contributed by atoms with Gasteiger partial charge < -0.3 is 4.74 Å². The van der Waals surface area contributed by atoms with Crippen molar-refractivity contribution in [3.63, 3.8) is 0 Å². The maximum atomic E-state index is 12.6. The van der Waals surface area contributed by atoms with E-state index in [9.17, 15) is 4.79 Å². The zero-order chi connectivity index (χ0) is 21.2. The maximum Gasteiger partial charge on any atom is 0.338 e. The van der Waals surface area contributed by atoms with E-state index < -0.39 is 0 Å². The van der Waals surface area contributed by atoms with Gasteiger partial charge in [-0.15, -0.1) is 0 Å². The van der Waals surface area contributed by atoms with E-state index in [2.05, 4.69) is 32.1 Å². The van der Waals surface area contributed by atoms with E-state index in [1.807, 2.05) is 12.1 Å². The standard InChI is InChI=1S/C28H42O2/c1-3-5-7-9-23-10-14-24(15-11-23)25-16-18-26(19-17-25)28(29)30-27-20-12-22(13-21-27)8-6-4-2/h14,16-19,22-23,27H,3-13,15,20-21H2,1-2H3. The monoisotopic (exact) mass is 410 g/mol. The Morgan fingerprint density at radius 1 is 0.867 bits per heavy atom. The summed E-state index contributed by atoms with van der Waals surface area (Å²) in [5, 5.41) is 0. The minimum absolute atomic E-state index is 0.112. The molecule has 0 bridgehead atoms. The molecule has 0 heterocycles. The summed E-state index contributed by atoms with van der Waals surface area (Å²) in [6, 6.07) is 8.14. The third-order valence-electron chi connectivity index (χ3n) is 7.26. The van der Waals surface area contributed by atoms with Crippen LogP contribution < -0.4 is 0 Å². The van der Waals surface area contributed by atoms with Crippen LogP contribution in [0.4, 0.5) is 0 Å². The summed E-state index contributed by atoms with van der Waals surface area (Å²) < 4.78 is 5.82. The number of unbranched alkanes of at least 4 members (excludes halogenated alkanes) is 3. The lowest BCUT2D eigenvalue weighted by atomic mass is 9.84. The zero-order valence-electron chi connectivity index (χ0n) is 19.3. The van der Waals surface area contributed by atoms with Crippen LogP contribution in [-0.2, 0) is 4.74 Å². The summed E-state index contributed by atoms with van der Waals surface area (Å²) in [4.78, 5) is 12.6. The summed E-state index contributed by atoms with van der Waals surface area (Å²) in [5.41, 5.74) is 3.42. The zero-order valence-corrected chi connectivity index (χ0v) is 19.3. The van der Waals surface area contributed by atoms with Crippen molar-refractivity contribution in [3.05, 3.63) is 41.5 Å². The second-order valence-electron chi connectivity index (χ2n) is 9.63. The summed E-state index contributed by atoms with van der Waals surface area (Å²) in [6.07, 6.45) is 20.1. The van der Waals surface area contributed by atoms with Crippen molar-refractivity contribution < 1.29 is 9.53 Å². The van der Waals surface area contributed by atoms with Crippen molar-refractivity contribution in [1.29, 1.82) is 0 Å². The van der Waals surface area contributed by atoms with Gasteiger partial charge in [-0.3, -0.25) is 0 Å². The molecule has 2 aliphatic rings. The molecule has 30 heavy (non-hydrogen) atoms. The van der Waals surface area contributed by atoms with Crippen molar-refractivity contribution >= 4 is 11.5 Å². The second kappa shape index (κ2) is 12.3. The molecule has 2 nitrogen and oxygen atoms in total. The fourth-order valence-corrected chi connectivity index (χ4v) is 5.17. The molecule has 1 atom stereocenters. The van der Waals surface area contributed by atoms with E-state index in [4.69, 9.17) is 4.74 Å². The summed E-state index contributed by atoms with van der Waals surface area (Å²) in [6.45, 7) is 4.53. The van der Waals surface area contributed by atoms with E-state index in [1.54, 1.807) is 0 Å². The number of allylic oxidation sites excluding steroid dienone is 2. The minimum Gasteiger partial charge on any atom is -0.459 e. The third kappa shape index (κ3) is 7.00. The third-order valence-corrected chi connectivity index (χ3v) is 7.26. The van der Waals surface area contributed by atoms with Gasteiger partial charge in [0, 0.05) is 0 Å². The van der Waals surface area contributed by atoms with Crippen molar-refractivity contribution in [1.82, 2.24) is 0 Å². The first-order valence-corrected chi connectivity index (χ1v) is 12.7. The highest BCUT2D eigenvalue weighted by atomic mass is 16.5. The highest BCUT2D eigenvalue weighted by molar-refractivity contribution is 5.90. The number of hydrogen-bond acceptors (Lipinski definition) is 2. The Hall–Kier alpha value is -1.57. The molecule has 2 aliphatic carbocycles. The number of hydrogen-bond donors (Lipinski definition) is 0. The number of carbonyl (C=O) groups excluding carboxylic acids is 1. The van der Waals surface area contributed by atoms with E-state index in [0.29, 0.717) is 5.56 Å². The van der Waals surface area contributed by atoms with Crippen LogP contribution in [0, 0.1) is 11.8 Å². The molecule has 1 aromatic rings. The van der Waals surface area contributed by atoms with Crippen LogP contribution >= 0.6 is 0 Å². The fourth-order valence-electron chi connectivity index (χ4n) is 5.17. The molecule has 0 amide bonds. The Balaban J connectivity index is 1.45. The van der Waals surface area contributed by atoms with Crippen LogP contribution in [-0.4, -0.2) is 12.1 Å². The molecule has 1 fully saturated rings. The van der Waals surface area contributed by atoms with Gasteiger partial charge in [-0.25, -0.2) is 4.79 Å². The van der Waals surface area contributed by atoms with E-state index in [0.717, 1.165) is 24.7 Å². The van der Waals surface area contributed by atoms with Gasteiger partial charge in [0.2, 0.25) is 0 Å². The summed E-state index contributed by atoms with van der Waals surface area (Å²) in [5.74, 6) is 1.56. The quantitative estimate of drug-likeness (QED) is 0.286. The number of benzene rings is 1. The van der Waals surface area contributed by atoms with Crippen molar-refractivity contribution in [2.75, 3.05) is 0 Å². The van der Waals surface area contributed by atoms with E-state index in [1.165, 1.54) is 88.2 Å². The maximum absolute atomic E-state index is 12.6. The fraction of sp³-hybridized carbons (Fsp3) is 0.679. The predicted molar refractivity (Wildman–Crippen MR) is 127 cm³/mol. The van der Waals surface area contributed by atoms with Gasteiger partial charge in [-0.1, -0.05) is 77.0 Å². The average molecular weight is 411 g/mol. The molecule has 1 saturated carbocycles. The van der Waals surface area contributed by atoms with Gasteiger partial charge in [0.15, 0.2) is 0 Å². The lowest BCUT2D eigenvalue weighted by Gasteiger charge is -2.28. The highest BCUT2D eigenvalue weighted by Gasteiger charge is 2.24.